The number of rotatable bonds is 2. The van der Waals surface area contributed by atoms with Crippen molar-refractivity contribution in [1.82, 2.24) is 18.1 Å². The van der Waals surface area contributed by atoms with E-state index < -0.39 is 0 Å². The maximum atomic E-state index is 2.61. The molecule has 0 spiro atoms. The third-order valence-corrected chi connectivity index (χ3v) is 10.1. The summed E-state index contributed by atoms with van der Waals surface area (Å²) in [6.45, 7) is 0. The van der Waals surface area contributed by atoms with Gasteiger partial charge in [-0.15, -0.1) is 0 Å². The summed E-state index contributed by atoms with van der Waals surface area (Å²) in [5, 5.41) is 8.99. The number of para-hydroxylation sites is 4. The molecule has 0 N–H and O–H groups in total. The van der Waals surface area contributed by atoms with E-state index >= 15 is 0 Å². The second-order valence-corrected chi connectivity index (χ2v) is 12.2. The van der Waals surface area contributed by atoms with Crippen LogP contribution in [-0.4, -0.2) is 18.1 Å². The number of fused-ring (bicyclic) bond motifs is 10. The summed E-state index contributed by atoms with van der Waals surface area (Å²) in [5.41, 5.74) is 12.2. The van der Waals surface area contributed by atoms with Crippen LogP contribution in [0.25, 0.3) is 93.3 Å². The predicted molar refractivity (Wildman–Crippen MR) is 189 cm³/mol. The fourth-order valence-corrected chi connectivity index (χ4v) is 8.36. The van der Waals surface area contributed by atoms with Crippen LogP contribution in [0.1, 0.15) is 0 Å². The van der Waals surface area contributed by atoms with Gasteiger partial charge in [-0.05, 0) is 54.6 Å². The molecule has 0 aliphatic rings. The highest BCUT2D eigenvalue weighted by atomic mass is 15.1. The Hall–Kier alpha value is -6.00. The average Bonchev–Trinajstić information content (AvgIpc) is 3.78. The minimum Gasteiger partial charge on any atom is -0.344 e. The molecule has 4 heteroatoms. The van der Waals surface area contributed by atoms with Crippen molar-refractivity contribution in [3.05, 3.63) is 140 Å². The topological polar surface area (TPSA) is 19.2 Å². The molecule has 0 saturated carbocycles. The second kappa shape index (κ2) is 8.13. The lowest BCUT2D eigenvalue weighted by Gasteiger charge is -2.10. The van der Waals surface area contributed by atoms with Gasteiger partial charge in [-0.2, -0.15) is 0 Å². The predicted octanol–water partition coefficient (Wildman–Crippen LogP) is 10.4. The first-order valence-corrected chi connectivity index (χ1v) is 15.5. The van der Waals surface area contributed by atoms with Gasteiger partial charge in [0.2, 0.25) is 0 Å². The van der Waals surface area contributed by atoms with E-state index in [9.17, 15) is 0 Å². The zero-order valence-corrected chi connectivity index (χ0v) is 24.6. The van der Waals surface area contributed by atoms with E-state index in [1.54, 1.807) is 0 Å². The highest BCUT2D eigenvalue weighted by Gasteiger charge is 2.28. The van der Waals surface area contributed by atoms with Crippen molar-refractivity contribution in [2.75, 3.05) is 0 Å². The molecule has 0 aliphatic carbocycles. The fourth-order valence-electron chi connectivity index (χ4n) is 8.36. The average molecular weight is 575 g/mol. The number of aryl methyl sites for hydroxylation is 1. The van der Waals surface area contributed by atoms with E-state index in [-0.39, 0.29) is 0 Å². The van der Waals surface area contributed by atoms with Gasteiger partial charge in [0.15, 0.2) is 0 Å². The zero-order chi connectivity index (χ0) is 29.4. The normalized spacial score (nSPS) is 12.6. The Bertz CT molecular complexity index is 2970. The van der Waals surface area contributed by atoms with Crippen LogP contribution in [0.2, 0.25) is 0 Å². The Labute approximate surface area is 257 Å². The smallest absolute Gasteiger partial charge is 0.131 e. The van der Waals surface area contributed by atoms with Crippen LogP contribution in [0.5, 0.6) is 0 Å². The largest absolute Gasteiger partial charge is 0.344 e. The van der Waals surface area contributed by atoms with Crippen molar-refractivity contribution in [1.29, 1.82) is 0 Å². The minimum absolute atomic E-state index is 1.16. The standard InChI is InChI=1S/C41H26N4/c1-42-33-22-12-19-29-36(33)37-34(42)24-23-30-35-27-17-8-10-20-31(27)44(26-15-6-3-7-16-26)41(35)45(38(30)37)39-28-18-9-11-21-32(28)43(40(29)39)25-13-4-2-5-14-25/h2-24H,1H3. The van der Waals surface area contributed by atoms with Gasteiger partial charge >= 0.3 is 0 Å². The van der Waals surface area contributed by atoms with Crippen LogP contribution < -0.4 is 0 Å². The van der Waals surface area contributed by atoms with E-state index in [0.29, 0.717) is 0 Å². The van der Waals surface area contributed by atoms with Gasteiger partial charge in [-0.25, -0.2) is 0 Å². The van der Waals surface area contributed by atoms with Crippen LogP contribution in [0, 0.1) is 0 Å². The number of hydrogen-bond donors (Lipinski definition) is 0. The van der Waals surface area contributed by atoms with Crippen molar-refractivity contribution in [3.63, 3.8) is 0 Å². The molecule has 0 saturated heterocycles. The molecule has 0 radical (unpaired) electrons. The lowest BCUT2D eigenvalue weighted by molar-refractivity contribution is 1.01. The van der Waals surface area contributed by atoms with Crippen LogP contribution in [-0.2, 0) is 7.05 Å². The second-order valence-electron chi connectivity index (χ2n) is 12.2. The van der Waals surface area contributed by atoms with Crippen molar-refractivity contribution in [2.45, 2.75) is 0 Å². The lowest BCUT2D eigenvalue weighted by atomic mass is 10.0. The van der Waals surface area contributed by atoms with E-state index in [4.69, 9.17) is 0 Å². The maximum Gasteiger partial charge on any atom is 0.131 e. The zero-order valence-electron chi connectivity index (χ0n) is 24.6. The Kier molecular flexibility index (Phi) is 4.24. The van der Waals surface area contributed by atoms with E-state index in [1.807, 2.05) is 0 Å². The Balaban J connectivity index is 1.59. The molecule has 6 aromatic carbocycles. The molecular weight excluding hydrogens is 548 g/mol. The third-order valence-electron chi connectivity index (χ3n) is 10.1. The molecule has 0 unspecified atom stereocenters. The van der Waals surface area contributed by atoms with Gasteiger partial charge in [-0.1, -0.05) is 84.9 Å². The first-order chi connectivity index (χ1) is 22.3. The highest BCUT2D eigenvalue weighted by molar-refractivity contribution is 6.36. The van der Waals surface area contributed by atoms with E-state index in [2.05, 4.69) is 165 Å². The Morgan fingerprint density at radius 3 is 1.67 bits per heavy atom. The summed E-state index contributed by atoms with van der Waals surface area (Å²) in [5.74, 6) is 0. The summed E-state index contributed by atoms with van der Waals surface area (Å²) < 4.78 is 9.94. The molecule has 5 aromatic heterocycles. The minimum atomic E-state index is 1.16. The van der Waals surface area contributed by atoms with Gasteiger partial charge in [-0.3, -0.25) is 8.97 Å². The Morgan fingerprint density at radius 1 is 0.356 bits per heavy atom. The monoisotopic (exact) mass is 574 g/mol. The molecule has 0 amide bonds. The van der Waals surface area contributed by atoms with E-state index in [0.717, 1.165) is 11.4 Å². The molecule has 0 aliphatic heterocycles. The van der Waals surface area contributed by atoms with Crippen LogP contribution in [0.15, 0.2) is 140 Å². The molecule has 11 rings (SSSR count). The Morgan fingerprint density at radius 2 is 0.911 bits per heavy atom. The number of nitrogens with zero attached hydrogens (tertiary/aromatic N) is 4. The van der Waals surface area contributed by atoms with Crippen molar-refractivity contribution < 1.29 is 0 Å². The molecular formula is C41H26N4. The third kappa shape index (κ3) is 2.70. The van der Waals surface area contributed by atoms with Crippen molar-refractivity contribution in [2.24, 2.45) is 7.05 Å². The molecule has 45 heavy (non-hydrogen) atoms. The SMILES string of the molecule is Cn1c2cccc3c2c2c1ccc1c4c5ccccc5n(-c5ccccc5)c4n(c12)c1c2ccccc2n(-c2ccccc2)c31. The van der Waals surface area contributed by atoms with Crippen molar-refractivity contribution in [3.8, 4) is 11.4 Å². The van der Waals surface area contributed by atoms with Crippen LogP contribution >= 0.6 is 0 Å². The molecule has 0 bridgehead atoms. The number of hydrogen-bond acceptors (Lipinski definition) is 0. The molecule has 210 valence electrons. The van der Waals surface area contributed by atoms with Gasteiger partial charge in [0.25, 0.3) is 0 Å². The molecule has 0 fully saturated rings. The maximum absolute atomic E-state index is 2.61. The first kappa shape index (κ1) is 23.5. The van der Waals surface area contributed by atoms with Crippen LogP contribution in [0.4, 0.5) is 0 Å². The number of benzene rings is 6. The number of aromatic nitrogens is 4. The summed E-state index contributed by atoms with van der Waals surface area (Å²) in [7, 11) is 2.21. The van der Waals surface area contributed by atoms with E-state index in [1.165, 1.54) is 82.0 Å². The quantitative estimate of drug-likeness (QED) is 0.196. The van der Waals surface area contributed by atoms with Crippen LogP contribution in [0.3, 0.4) is 0 Å². The van der Waals surface area contributed by atoms with Gasteiger partial charge in [0, 0.05) is 61.6 Å². The summed E-state index contributed by atoms with van der Waals surface area (Å²) >= 11 is 0. The molecule has 11 aromatic rings. The van der Waals surface area contributed by atoms with Gasteiger partial charge in [0.05, 0.1) is 33.1 Å². The summed E-state index contributed by atoms with van der Waals surface area (Å²) in [6.07, 6.45) is 0. The molecule has 4 nitrogen and oxygen atoms in total. The highest BCUT2D eigenvalue weighted by Crippen LogP contribution is 2.48. The molecule has 5 heterocycles. The summed E-state index contributed by atoms with van der Waals surface area (Å²) in [6, 6.07) is 51.0. The lowest BCUT2D eigenvalue weighted by Crippen LogP contribution is -1.98. The first-order valence-electron chi connectivity index (χ1n) is 15.5. The van der Waals surface area contributed by atoms with Gasteiger partial charge in [0.1, 0.15) is 5.65 Å². The fraction of sp³-hybridized carbons (Fsp3) is 0.0244. The summed E-state index contributed by atoms with van der Waals surface area (Å²) in [4.78, 5) is 0. The molecule has 0 atom stereocenters. The van der Waals surface area contributed by atoms with Crippen molar-refractivity contribution >= 4 is 82.0 Å². The van der Waals surface area contributed by atoms with Gasteiger partial charge < -0.3 is 9.13 Å².